The Morgan fingerprint density at radius 3 is 1.96 bits per heavy atom. The smallest absolute Gasteiger partial charge is 0.255 e. The monoisotopic (exact) mass is 373 g/mol. The molecular formula is C23H23N3O2. The minimum Gasteiger partial charge on any atom is -0.348 e. The van der Waals surface area contributed by atoms with Crippen LogP contribution in [-0.4, -0.2) is 16.8 Å². The summed E-state index contributed by atoms with van der Waals surface area (Å²) < 4.78 is 0. The van der Waals surface area contributed by atoms with Crippen molar-refractivity contribution in [3.05, 3.63) is 95.3 Å². The number of hydrogen-bond acceptors (Lipinski definition) is 3. The summed E-state index contributed by atoms with van der Waals surface area (Å²) in [7, 11) is 0. The molecule has 28 heavy (non-hydrogen) atoms. The van der Waals surface area contributed by atoms with E-state index in [1.807, 2.05) is 36.4 Å². The average Bonchev–Trinajstić information content (AvgIpc) is 2.73. The van der Waals surface area contributed by atoms with Gasteiger partial charge in [0.1, 0.15) is 0 Å². The van der Waals surface area contributed by atoms with E-state index in [9.17, 15) is 9.59 Å². The standard InChI is InChI=1S/C23H23N3O2/c1-16(2)18-7-9-21(10-8-18)26-23(28)20-5-3-19(4-6-20)22(27)25-15-17-11-13-24-14-12-17/h3-14,16H,15H2,1-2H3,(H,25,27)(H,26,28). The highest BCUT2D eigenvalue weighted by Gasteiger charge is 2.10. The second kappa shape index (κ2) is 8.95. The van der Waals surface area contributed by atoms with Crippen molar-refractivity contribution >= 4 is 17.5 Å². The zero-order valence-corrected chi connectivity index (χ0v) is 16.0. The third-order valence-corrected chi connectivity index (χ3v) is 4.45. The van der Waals surface area contributed by atoms with Gasteiger partial charge >= 0.3 is 0 Å². The van der Waals surface area contributed by atoms with Gasteiger partial charge in [0, 0.05) is 35.8 Å². The number of hydrogen-bond donors (Lipinski definition) is 2. The molecule has 3 aromatic rings. The molecule has 0 unspecified atom stereocenters. The van der Waals surface area contributed by atoms with E-state index < -0.39 is 0 Å². The van der Waals surface area contributed by atoms with Crippen LogP contribution in [0.1, 0.15) is 51.6 Å². The number of amides is 2. The fourth-order valence-electron chi connectivity index (χ4n) is 2.71. The number of anilines is 1. The maximum absolute atomic E-state index is 12.4. The normalized spacial score (nSPS) is 10.5. The number of pyridine rings is 1. The molecule has 1 aromatic heterocycles. The molecule has 0 saturated heterocycles. The average molecular weight is 373 g/mol. The van der Waals surface area contributed by atoms with Crippen molar-refractivity contribution in [3.8, 4) is 0 Å². The third-order valence-electron chi connectivity index (χ3n) is 4.45. The number of nitrogens with zero attached hydrogens (tertiary/aromatic N) is 1. The lowest BCUT2D eigenvalue weighted by Gasteiger charge is -2.09. The van der Waals surface area contributed by atoms with Crippen LogP contribution in [0.15, 0.2) is 73.1 Å². The summed E-state index contributed by atoms with van der Waals surface area (Å²) in [5.41, 5.74) is 3.95. The molecule has 5 nitrogen and oxygen atoms in total. The Morgan fingerprint density at radius 1 is 0.821 bits per heavy atom. The van der Waals surface area contributed by atoms with Gasteiger partial charge in [0.05, 0.1) is 0 Å². The van der Waals surface area contributed by atoms with Crippen LogP contribution in [0.4, 0.5) is 5.69 Å². The second-order valence-corrected chi connectivity index (χ2v) is 6.85. The molecule has 0 bridgehead atoms. The van der Waals surface area contributed by atoms with Crippen molar-refractivity contribution in [2.45, 2.75) is 26.3 Å². The van der Waals surface area contributed by atoms with Gasteiger partial charge in [-0.25, -0.2) is 0 Å². The largest absolute Gasteiger partial charge is 0.348 e. The van der Waals surface area contributed by atoms with Crippen molar-refractivity contribution in [2.75, 3.05) is 5.32 Å². The van der Waals surface area contributed by atoms with Crippen molar-refractivity contribution in [1.29, 1.82) is 0 Å². The first kappa shape index (κ1) is 19.3. The highest BCUT2D eigenvalue weighted by atomic mass is 16.2. The highest BCUT2D eigenvalue weighted by Crippen LogP contribution is 2.18. The predicted octanol–water partition coefficient (Wildman–Crippen LogP) is 4.39. The molecule has 1 heterocycles. The number of carbonyl (C=O) groups excluding carboxylic acids is 2. The maximum atomic E-state index is 12.4. The minimum absolute atomic E-state index is 0.187. The fourth-order valence-corrected chi connectivity index (χ4v) is 2.71. The Morgan fingerprint density at radius 2 is 1.39 bits per heavy atom. The van der Waals surface area contributed by atoms with Gasteiger partial charge < -0.3 is 10.6 Å². The molecule has 0 atom stereocenters. The summed E-state index contributed by atoms with van der Waals surface area (Å²) in [6, 6.07) is 18.1. The summed E-state index contributed by atoms with van der Waals surface area (Å²) >= 11 is 0. The number of nitrogens with one attached hydrogen (secondary N) is 2. The molecule has 2 N–H and O–H groups in total. The lowest BCUT2D eigenvalue weighted by atomic mass is 10.0. The zero-order valence-electron chi connectivity index (χ0n) is 16.0. The van der Waals surface area contributed by atoms with Gasteiger partial charge in [0.25, 0.3) is 11.8 Å². The molecule has 2 amide bonds. The summed E-state index contributed by atoms with van der Waals surface area (Å²) in [6.07, 6.45) is 3.37. The lowest BCUT2D eigenvalue weighted by Crippen LogP contribution is -2.23. The Labute approximate surface area is 164 Å². The quantitative estimate of drug-likeness (QED) is 0.673. The molecule has 0 fully saturated rings. The molecule has 0 aliphatic rings. The van der Waals surface area contributed by atoms with Gasteiger partial charge in [-0.2, -0.15) is 0 Å². The third kappa shape index (κ3) is 5.04. The molecule has 0 spiro atoms. The SMILES string of the molecule is CC(C)c1ccc(NC(=O)c2ccc(C(=O)NCc3ccncc3)cc2)cc1. The summed E-state index contributed by atoms with van der Waals surface area (Å²) in [5, 5.41) is 5.73. The van der Waals surface area contributed by atoms with E-state index in [0.717, 1.165) is 11.3 Å². The first-order valence-electron chi connectivity index (χ1n) is 9.21. The summed E-state index contributed by atoms with van der Waals surface area (Å²) in [6.45, 7) is 4.68. The number of carbonyl (C=O) groups is 2. The van der Waals surface area contributed by atoms with E-state index in [2.05, 4.69) is 29.5 Å². The maximum Gasteiger partial charge on any atom is 0.255 e. The van der Waals surface area contributed by atoms with Gasteiger partial charge in [-0.15, -0.1) is 0 Å². The van der Waals surface area contributed by atoms with Crippen molar-refractivity contribution in [2.24, 2.45) is 0 Å². The van der Waals surface area contributed by atoms with Crippen LogP contribution in [0.25, 0.3) is 0 Å². The molecule has 142 valence electrons. The van der Waals surface area contributed by atoms with Gasteiger partial charge in [0.15, 0.2) is 0 Å². The van der Waals surface area contributed by atoms with E-state index in [0.29, 0.717) is 23.6 Å². The molecule has 0 aliphatic heterocycles. The van der Waals surface area contributed by atoms with Crippen molar-refractivity contribution in [1.82, 2.24) is 10.3 Å². The van der Waals surface area contributed by atoms with Crippen LogP contribution in [0.5, 0.6) is 0 Å². The molecular weight excluding hydrogens is 350 g/mol. The Hall–Kier alpha value is -3.47. The van der Waals surface area contributed by atoms with Gasteiger partial charge in [-0.3, -0.25) is 14.6 Å². The lowest BCUT2D eigenvalue weighted by molar-refractivity contribution is 0.0949. The van der Waals surface area contributed by atoms with Crippen LogP contribution in [0.2, 0.25) is 0 Å². The van der Waals surface area contributed by atoms with Gasteiger partial charge in [0.2, 0.25) is 0 Å². The Bertz CT molecular complexity index is 934. The minimum atomic E-state index is -0.207. The molecule has 0 aliphatic carbocycles. The van der Waals surface area contributed by atoms with E-state index in [-0.39, 0.29) is 11.8 Å². The van der Waals surface area contributed by atoms with Crippen LogP contribution < -0.4 is 10.6 Å². The summed E-state index contributed by atoms with van der Waals surface area (Å²) in [4.78, 5) is 28.6. The first-order valence-corrected chi connectivity index (χ1v) is 9.21. The molecule has 0 radical (unpaired) electrons. The van der Waals surface area contributed by atoms with E-state index in [1.165, 1.54) is 5.56 Å². The van der Waals surface area contributed by atoms with Crippen LogP contribution >= 0.6 is 0 Å². The van der Waals surface area contributed by atoms with Crippen molar-refractivity contribution < 1.29 is 9.59 Å². The van der Waals surface area contributed by atoms with E-state index in [1.54, 1.807) is 36.7 Å². The Kier molecular flexibility index (Phi) is 6.17. The van der Waals surface area contributed by atoms with Gasteiger partial charge in [-0.1, -0.05) is 26.0 Å². The van der Waals surface area contributed by atoms with Crippen LogP contribution in [0.3, 0.4) is 0 Å². The number of rotatable bonds is 6. The zero-order chi connectivity index (χ0) is 19.9. The number of aromatic nitrogens is 1. The summed E-state index contributed by atoms with van der Waals surface area (Å²) in [5.74, 6) is 0.0519. The fraction of sp³-hybridized carbons (Fsp3) is 0.174. The first-order chi connectivity index (χ1) is 13.5. The van der Waals surface area contributed by atoms with Gasteiger partial charge in [-0.05, 0) is 65.6 Å². The van der Waals surface area contributed by atoms with Crippen LogP contribution in [0, 0.1) is 0 Å². The predicted molar refractivity (Wildman–Crippen MR) is 110 cm³/mol. The second-order valence-electron chi connectivity index (χ2n) is 6.85. The number of benzene rings is 2. The molecule has 2 aromatic carbocycles. The van der Waals surface area contributed by atoms with Crippen molar-refractivity contribution in [3.63, 3.8) is 0 Å². The van der Waals surface area contributed by atoms with E-state index in [4.69, 9.17) is 0 Å². The Balaban J connectivity index is 1.58. The van der Waals surface area contributed by atoms with E-state index >= 15 is 0 Å². The molecule has 0 saturated carbocycles. The highest BCUT2D eigenvalue weighted by molar-refractivity contribution is 6.05. The topological polar surface area (TPSA) is 71.1 Å². The molecule has 3 rings (SSSR count). The molecule has 5 heteroatoms. The van der Waals surface area contributed by atoms with Crippen LogP contribution in [-0.2, 0) is 6.54 Å².